The van der Waals surface area contributed by atoms with Crippen LogP contribution in [-0.4, -0.2) is 46.7 Å². The number of carboxylic acids is 2. The SMILES string of the molecule is C.CCN1CC(C(F)c2c(F)c(F)cc(F)c2F)C1.O=C(O)C(=O)O. The third-order valence-electron chi connectivity index (χ3n) is 3.45. The fourth-order valence-electron chi connectivity index (χ4n) is 2.12. The fraction of sp³-hybridized carbons (Fsp3) is 0.467. The largest absolute Gasteiger partial charge is 0.473 e. The molecular weight excluding hydrogens is 353 g/mol. The highest BCUT2D eigenvalue weighted by atomic mass is 19.2. The number of likely N-dealkylation sites (tertiary alicyclic amines) is 1. The molecular formula is C15H18F5NO4. The molecule has 2 rings (SSSR count). The Morgan fingerprint density at radius 1 is 1.12 bits per heavy atom. The zero-order chi connectivity index (χ0) is 18.6. The quantitative estimate of drug-likeness (QED) is 0.485. The van der Waals surface area contributed by atoms with Crippen molar-refractivity contribution in [2.45, 2.75) is 20.5 Å². The van der Waals surface area contributed by atoms with Crippen molar-refractivity contribution in [2.75, 3.05) is 19.6 Å². The van der Waals surface area contributed by atoms with Gasteiger partial charge >= 0.3 is 11.9 Å². The van der Waals surface area contributed by atoms with Gasteiger partial charge in [0.15, 0.2) is 23.3 Å². The molecule has 10 heteroatoms. The molecule has 0 saturated carbocycles. The minimum Gasteiger partial charge on any atom is -0.473 e. The first-order valence-electron chi connectivity index (χ1n) is 6.75. The number of rotatable bonds is 3. The molecule has 1 atom stereocenters. The summed E-state index contributed by atoms with van der Waals surface area (Å²) < 4.78 is 66.5. The van der Waals surface area contributed by atoms with Gasteiger partial charge in [-0.05, 0) is 6.54 Å². The summed E-state index contributed by atoms with van der Waals surface area (Å²) in [4.78, 5) is 20.1. The van der Waals surface area contributed by atoms with Gasteiger partial charge in [0.2, 0.25) is 0 Å². The van der Waals surface area contributed by atoms with E-state index in [2.05, 4.69) is 0 Å². The summed E-state index contributed by atoms with van der Waals surface area (Å²) in [5, 5.41) is 14.8. The van der Waals surface area contributed by atoms with Gasteiger partial charge in [-0.25, -0.2) is 31.5 Å². The fourth-order valence-corrected chi connectivity index (χ4v) is 2.12. The van der Waals surface area contributed by atoms with E-state index in [1.807, 2.05) is 11.8 Å². The van der Waals surface area contributed by atoms with E-state index >= 15 is 0 Å². The smallest absolute Gasteiger partial charge is 0.414 e. The van der Waals surface area contributed by atoms with Gasteiger partial charge in [-0.3, -0.25) is 0 Å². The third-order valence-corrected chi connectivity index (χ3v) is 3.45. The van der Waals surface area contributed by atoms with Gasteiger partial charge < -0.3 is 15.1 Å². The van der Waals surface area contributed by atoms with Crippen LogP contribution in [0.2, 0.25) is 0 Å². The van der Waals surface area contributed by atoms with Crippen LogP contribution >= 0.6 is 0 Å². The van der Waals surface area contributed by atoms with Gasteiger partial charge in [-0.1, -0.05) is 14.4 Å². The standard InChI is InChI=1S/C12H12F5N.C2H2O4.CH4/c1-2-18-4-6(5-18)10(15)9-11(16)7(13)3-8(14)12(9)17;3-1(4)2(5)6;/h3,6,10H,2,4-5H2,1H3;(H,3,4)(H,5,6);1H4. The van der Waals surface area contributed by atoms with Gasteiger partial charge in [0.05, 0.1) is 5.56 Å². The number of alkyl halides is 1. The van der Waals surface area contributed by atoms with E-state index in [4.69, 9.17) is 19.8 Å². The topological polar surface area (TPSA) is 77.8 Å². The van der Waals surface area contributed by atoms with Gasteiger partial charge in [0.25, 0.3) is 0 Å². The van der Waals surface area contributed by atoms with E-state index in [9.17, 15) is 22.0 Å². The number of benzene rings is 1. The molecule has 0 aromatic heterocycles. The first-order valence-corrected chi connectivity index (χ1v) is 6.75. The second-order valence-corrected chi connectivity index (χ2v) is 5.01. The number of nitrogens with zero attached hydrogens (tertiary/aromatic N) is 1. The van der Waals surface area contributed by atoms with Crippen LogP contribution in [0.15, 0.2) is 6.07 Å². The first-order chi connectivity index (χ1) is 11.1. The lowest BCUT2D eigenvalue weighted by Gasteiger charge is -2.40. The highest BCUT2D eigenvalue weighted by Gasteiger charge is 2.38. The van der Waals surface area contributed by atoms with Gasteiger partial charge in [-0.2, -0.15) is 0 Å². The van der Waals surface area contributed by atoms with E-state index in [0.29, 0.717) is 19.6 Å². The molecule has 0 bridgehead atoms. The summed E-state index contributed by atoms with van der Waals surface area (Å²) in [6.07, 6.45) is -2.03. The highest BCUT2D eigenvalue weighted by Crippen LogP contribution is 2.36. The maximum Gasteiger partial charge on any atom is 0.414 e. The Morgan fingerprint density at radius 2 is 1.52 bits per heavy atom. The van der Waals surface area contributed by atoms with Crippen LogP contribution in [0.25, 0.3) is 0 Å². The zero-order valence-corrected chi connectivity index (χ0v) is 12.4. The van der Waals surface area contributed by atoms with Crippen molar-refractivity contribution in [3.05, 3.63) is 34.9 Å². The molecule has 1 aromatic carbocycles. The van der Waals surface area contributed by atoms with Crippen molar-refractivity contribution in [3.63, 3.8) is 0 Å². The maximum absolute atomic E-state index is 13.9. The van der Waals surface area contributed by atoms with Gasteiger partial charge in [-0.15, -0.1) is 0 Å². The minimum atomic E-state index is -2.03. The van der Waals surface area contributed by atoms with Crippen molar-refractivity contribution in [2.24, 2.45) is 5.92 Å². The third kappa shape index (κ3) is 5.38. The van der Waals surface area contributed by atoms with Crippen LogP contribution in [0, 0.1) is 29.2 Å². The first kappa shape index (κ1) is 22.8. The summed E-state index contributed by atoms with van der Waals surface area (Å²) >= 11 is 0. The Hall–Kier alpha value is -2.23. The summed E-state index contributed by atoms with van der Waals surface area (Å²) in [6.45, 7) is 3.22. The van der Waals surface area contributed by atoms with E-state index in [-0.39, 0.29) is 13.5 Å². The Bertz CT molecular complexity index is 597. The Labute approximate surface area is 140 Å². The monoisotopic (exact) mass is 371 g/mol. The van der Waals surface area contributed by atoms with Crippen LogP contribution in [0.3, 0.4) is 0 Å². The average Bonchev–Trinajstić information content (AvgIpc) is 2.45. The van der Waals surface area contributed by atoms with E-state index in [1.54, 1.807) is 0 Å². The van der Waals surface area contributed by atoms with E-state index in [0.717, 1.165) is 0 Å². The highest BCUT2D eigenvalue weighted by molar-refractivity contribution is 6.27. The molecule has 142 valence electrons. The number of carbonyl (C=O) groups is 2. The molecule has 2 N–H and O–H groups in total. The van der Waals surface area contributed by atoms with E-state index in [1.165, 1.54) is 0 Å². The molecule has 0 spiro atoms. The molecule has 1 unspecified atom stereocenters. The lowest BCUT2D eigenvalue weighted by atomic mass is 9.89. The molecule has 1 fully saturated rings. The zero-order valence-electron chi connectivity index (χ0n) is 12.4. The van der Waals surface area contributed by atoms with Crippen molar-refractivity contribution >= 4 is 11.9 Å². The molecule has 5 nitrogen and oxygen atoms in total. The van der Waals surface area contributed by atoms with Crippen molar-refractivity contribution in [3.8, 4) is 0 Å². The second kappa shape index (κ2) is 9.30. The summed E-state index contributed by atoms with van der Waals surface area (Å²) in [5.74, 6) is -10.7. The summed E-state index contributed by atoms with van der Waals surface area (Å²) in [5.41, 5.74) is -1.13. The summed E-state index contributed by atoms with van der Waals surface area (Å²) in [7, 11) is 0. The average molecular weight is 371 g/mol. The van der Waals surface area contributed by atoms with Crippen LogP contribution in [0.5, 0.6) is 0 Å². The molecule has 25 heavy (non-hydrogen) atoms. The maximum atomic E-state index is 13.9. The number of carboxylic acid groups (broad SMARTS) is 2. The molecule has 1 aliphatic rings. The number of aliphatic carboxylic acids is 2. The number of hydrogen-bond acceptors (Lipinski definition) is 3. The molecule has 1 aliphatic heterocycles. The minimum absolute atomic E-state index is 0. The second-order valence-electron chi connectivity index (χ2n) is 5.01. The van der Waals surface area contributed by atoms with Crippen molar-refractivity contribution in [1.29, 1.82) is 0 Å². The lowest BCUT2D eigenvalue weighted by molar-refractivity contribution is -0.159. The predicted molar refractivity (Wildman–Crippen MR) is 77.7 cm³/mol. The predicted octanol–water partition coefficient (Wildman–Crippen LogP) is 3.00. The number of hydrogen-bond donors (Lipinski definition) is 2. The van der Waals surface area contributed by atoms with Crippen LogP contribution < -0.4 is 0 Å². The van der Waals surface area contributed by atoms with Crippen molar-refractivity contribution < 1.29 is 41.8 Å². The Balaban J connectivity index is 0.000000715. The lowest BCUT2D eigenvalue weighted by Crippen LogP contribution is -2.48. The Kier molecular flexibility index (Phi) is 8.47. The molecule has 0 radical (unpaired) electrons. The summed E-state index contributed by atoms with van der Waals surface area (Å²) in [6, 6.07) is 0.0833. The normalized spacial score (nSPS) is 15.3. The number of halogens is 5. The molecule has 1 aromatic rings. The van der Waals surface area contributed by atoms with Crippen molar-refractivity contribution in [1.82, 2.24) is 4.90 Å². The molecule has 1 saturated heterocycles. The van der Waals surface area contributed by atoms with E-state index < -0.39 is 52.9 Å². The molecule has 0 amide bonds. The van der Waals surface area contributed by atoms with Crippen LogP contribution in [0.4, 0.5) is 22.0 Å². The van der Waals surface area contributed by atoms with Gasteiger partial charge in [0, 0.05) is 25.1 Å². The molecule has 1 heterocycles. The van der Waals surface area contributed by atoms with Crippen LogP contribution in [0.1, 0.15) is 26.1 Å². The molecule has 0 aliphatic carbocycles. The van der Waals surface area contributed by atoms with Gasteiger partial charge in [0.1, 0.15) is 6.17 Å². The Morgan fingerprint density at radius 3 is 1.84 bits per heavy atom. The van der Waals surface area contributed by atoms with Crippen LogP contribution in [-0.2, 0) is 9.59 Å².